The Balaban J connectivity index is 2.70. The van der Waals surface area contributed by atoms with Crippen LogP contribution in [0.25, 0.3) is 0 Å². The van der Waals surface area contributed by atoms with Crippen molar-refractivity contribution in [3.63, 3.8) is 0 Å². The Hall–Kier alpha value is -0.570. The number of hydrogen-bond acceptors (Lipinski definition) is 2. The summed E-state index contributed by atoms with van der Waals surface area (Å²) >= 11 is 3.34. The summed E-state index contributed by atoms with van der Waals surface area (Å²) in [6, 6.07) is 3.89. The fourth-order valence-corrected chi connectivity index (χ4v) is 1.89. The first-order valence-corrected chi connectivity index (χ1v) is 6.26. The van der Waals surface area contributed by atoms with E-state index in [2.05, 4.69) is 34.8 Å². The molecule has 3 heteroatoms. The van der Waals surface area contributed by atoms with E-state index >= 15 is 0 Å². The highest BCUT2D eigenvalue weighted by Gasteiger charge is 2.09. The van der Waals surface area contributed by atoms with Gasteiger partial charge in [0.25, 0.3) is 0 Å². The van der Waals surface area contributed by atoms with E-state index in [9.17, 15) is 0 Å². The highest BCUT2D eigenvalue weighted by atomic mass is 79.9. The second-order valence-corrected chi connectivity index (χ2v) is 4.47. The molecule has 2 nitrogen and oxygen atoms in total. The van der Waals surface area contributed by atoms with Crippen LogP contribution in [0.3, 0.4) is 0 Å². The van der Waals surface area contributed by atoms with E-state index in [0.717, 1.165) is 35.3 Å². The Bertz CT molecular complexity index is 314. The van der Waals surface area contributed by atoms with Crippen molar-refractivity contribution in [1.29, 1.82) is 0 Å². The fraction of sp³-hybridized carbons (Fsp3) is 0.583. The molecule has 1 aromatic heterocycles. The van der Waals surface area contributed by atoms with Crippen molar-refractivity contribution < 1.29 is 4.74 Å². The van der Waals surface area contributed by atoms with Crippen molar-refractivity contribution in [2.75, 3.05) is 0 Å². The maximum Gasteiger partial charge on any atom is 0.140 e. The number of nitrogens with zero attached hydrogens (tertiary/aromatic N) is 1. The number of pyridine rings is 1. The third-order valence-corrected chi connectivity index (χ3v) is 2.80. The van der Waals surface area contributed by atoms with Crippen molar-refractivity contribution in [1.82, 2.24) is 4.98 Å². The van der Waals surface area contributed by atoms with Gasteiger partial charge < -0.3 is 4.74 Å². The highest BCUT2D eigenvalue weighted by molar-refractivity contribution is 9.10. The smallest absolute Gasteiger partial charge is 0.140 e. The molecule has 1 atom stereocenters. The number of ether oxygens (including phenoxy) is 1. The van der Waals surface area contributed by atoms with Crippen LogP contribution >= 0.6 is 15.9 Å². The second kappa shape index (κ2) is 6.11. The summed E-state index contributed by atoms with van der Waals surface area (Å²) in [5, 5.41) is 0. The van der Waals surface area contributed by atoms with Gasteiger partial charge in [-0.1, -0.05) is 20.3 Å². The highest BCUT2D eigenvalue weighted by Crippen LogP contribution is 2.21. The molecular weight excluding hydrogens is 254 g/mol. The van der Waals surface area contributed by atoms with Crippen molar-refractivity contribution in [2.45, 2.75) is 46.1 Å². The molecule has 15 heavy (non-hydrogen) atoms. The van der Waals surface area contributed by atoms with Gasteiger partial charge in [-0.3, -0.25) is 0 Å². The Kier molecular flexibility index (Phi) is 5.09. The van der Waals surface area contributed by atoms with Gasteiger partial charge in [0, 0.05) is 0 Å². The lowest BCUT2D eigenvalue weighted by Crippen LogP contribution is -2.15. The minimum absolute atomic E-state index is 0.316. The molecule has 0 radical (unpaired) electrons. The van der Waals surface area contributed by atoms with Gasteiger partial charge in [-0.2, -0.15) is 0 Å². The average Bonchev–Trinajstić information content (AvgIpc) is 2.21. The van der Waals surface area contributed by atoms with Crippen LogP contribution in [0.15, 0.2) is 16.7 Å². The molecule has 0 spiro atoms. The quantitative estimate of drug-likeness (QED) is 0.752. The minimum atomic E-state index is 0.316. The summed E-state index contributed by atoms with van der Waals surface area (Å²) < 4.78 is 6.76. The van der Waals surface area contributed by atoms with E-state index < -0.39 is 0 Å². The second-order valence-electron chi connectivity index (χ2n) is 3.65. The summed E-state index contributed by atoms with van der Waals surface area (Å²) in [6.45, 7) is 6.30. The molecule has 1 heterocycles. The lowest BCUT2D eigenvalue weighted by atomic mass is 10.1. The molecule has 1 rings (SSSR count). The van der Waals surface area contributed by atoms with Crippen LogP contribution in [0.5, 0.6) is 5.75 Å². The van der Waals surface area contributed by atoms with Gasteiger partial charge in [0.1, 0.15) is 10.4 Å². The summed E-state index contributed by atoms with van der Waals surface area (Å²) in [5.74, 6) is 0.901. The topological polar surface area (TPSA) is 22.1 Å². The summed E-state index contributed by atoms with van der Waals surface area (Å²) in [7, 11) is 0. The Morgan fingerprint density at radius 2 is 2.13 bits per heavy atom. The molecule has 0 aromatic carbocycles. The predicted octanol–water partition coefficient (Wildman–Crippen LogP) is 4.11. The van der Waals surface area contributed by atoms with Crippen LogP contribution < -0.4 is 4.74 Å². The van der Waals surface area contributed by atoms with Gasteiger partial charge in [0.15, 0.2) is 0 Å². The molecule has 0 N–H and O–H groups in total. The Labute approximate surface area is 100 Å². The van der Waals surface area contributed by atoms with E-state index in [4.69, 9.17) is 4.74 Å². The molecule has 0 aliphatic heterocycles. The molecular formula is C12H18BrNO. The molecule has 0 fully saturated rings. The van der Waals surface area contributed by atoms with E-state index in [1.54, 1.807) is 0 Å². The first-order valence-electron chi connectivity index (χ1n) is 5.47. The summed E-state index contributed by atoms with van der Waals surface area (Å²) in [6.07, 6.45) is 3.62. The number of aryl methyl sites for hydroxylation is 1. The average molecular weight is 272 g/mol. The normalized spacial score (nSPS) is 12.5. The predicted molar refractivity (Wildman–Crippen MR) is 66.3 cm³/mol. The van der Waals surface area contributed by atoms with Crippen LogP contribution in [0.2, 0.25) is 0 Å². The van der Waals surface area contributed by atoms with Gasteiger partial charge >= 0.3 is 0 Å². The molecule has 84 valence electrons. The van der Waals surface area contributed by atoms with Crippen molar-refractivity contribution >= 4 is 15.9 Å². The number of halogens is 1. The van der Waals surface area contributed by atoms with Crippen LogP contribution in [0.4, 0.5) is 0 Å². The monoisotopic (exact) mass is 271 g/mol. The van der Waals surface area contributed by atoms with E-state index in [1.807, 2.05) is 19.1 Å². The summed E-state index contributed by atoms with van der Waals surface area (Å²) in [5.41, 5.74) is 0.943. The number of aromatic nitrogens is 1. The third-order valence-electron chi connectivity index (χ3n) is 2.36. The van der Waals surface area contributed by atoms with E-state index in [-0.39, 0.29) is 0 Å². The zero-order chi connectivity index (χ0) is 11.3. The Morgan fingerprint density at radius 3 is 2.67 bits per heavy atom. The van der Waals surface area contributed by atoms with E-state index in [1.165, 1.54) is 0 Å². The first kappa shape index (κ1) is 12.5. The molecule has 0 saturated carbocycles. The van der Waals surface area contributed by atoms with Crippen LogP contribution in [-0.4, -0.2) is 11.1 Å². The molecule has 0 saturated heterocycles. The SMILES string of the molecule is CCCC(CC)Oc1ccc(Br)nc1C. The third kappa shape index (κ3) is 3.82. The van der Waals surface area contributed by atoms with Crippen molar-refractivity contribution in [2.24, 2.45) is 0 Å². The lowest BCUT2D eigenvalue weighted by molar-refractivity contribution is 0.183. The van der Waals surface area contributed by atoms with Crippen LogP contribution in [-0.2, 0) is 0 Å². The van der Waals surface area contributed by atoms with Crippen LogP contribution in [0, 0.1) is 6.92 Å². The molecule has 0 aliphatic rings. The molecule has 1 aromatic rings. The maximum absolute atomic E-state index is 5.91. The van der Waals surface area contributed by atoms with Gasteiger partial charge in [0.05, 0.1) is 11.8 Å². The number of rotatable bonds is 5. The van der Waals surface area contributed by atoms with Gasteiger partial charge in [-0.15, -0.1) is 0 Å². The maximum atomic E-state index is 5.91. The zero-order valence-electron chi connectivity index (χ0n) is 9.59. The molecule has 0 aliphatic carbocycles. The van der Waals surface area contributed by atoms with Gasteiger partial charge in [-0.05, 0) is 47.8 Å². The van der Waals surface area contributed by atoms with E-state index in [0.29, 0.717) is 6.10 Å². The van der Waals surface area contributed by atoms with Crippen molar-refractivity contribution in [3.8, 4) is 5.75 Å². The standard InChI is InChI=1S/C12H18BrNO/c1-4-6-10(5-2)15-11-7-8-12(13)14-9(11)3/h7-8,10H,4-6H2,1-3H3. The molecule has 1 unspecified atom stereocenters. The molecule has 0 amide bonds. The van der Waals surface area contributed by atoms with Crippen LogP contribution in [0.1, 0.15) is 38.8 Å². The first-order chi connectivity index (χ1) is 7.17. The van der Waals surface area contributed by atoms with Gasteiger partial charge in [-0.25, -0.2) is 4.98 Å². The summed E-state index contributed by atoms with van der Waals surface area (Å²) in [4.78, 5) is 4.31. The fourth-order valence-electron chi connectivity index (χ4n) is 1.49. The Morgan fingerprint density at radius 1 is 1.40 bits per heavy atom. The molecule has 0 bridgehead atoms. The number of hydrogen-bond donors (Lipinski definition) is 0. The largest absolute Gasteiger partial charge is 0.489 e. The minimum Gasteiger partial charge on any atom is -0.489 e. The zero-order valence-corrected chi connectivity index (χ0v) is 11.2. The lowest BCUT2D eigenvalue weighted by Gasteiger charge is -2.17. The van der Waals surface area contributed by atoms with Crippen molar-refractivity contribution in [3.05, 3.63) is 22.4 Å². The van der Waals surface area contributed by atoms with Gasteiger partial charge in [0.2, 0.25) is 0 Å².